The molecular formula is C11H14N2O. The molecule has 0 saturated heterocycles. The fraction of sp³-hybridized carbons (Fsp3) is 0.273. The van der Waals surface area contributed by atoms with Crippen molar-refractivity contribution in [2.45, 2.75) is 6.10 Å². The lowest BCUT2D eigenvalue weighted by atomic mass is 10.1. The zero-order valence-corrected chi connectivity index (χ0v) is 8.14. The number of hydrogen-bond donors (Lipinski definition) is 2. The van der Waals surface area contributed by atoms with Crippen molar-refractivity contribution >= 4 is 10.9 Å². The fourth-order valence-electron chi connectivity index (χ4n) is 1.64. The van der Waals surface area contributed by atoms with E-state index in [1.54, 1.807) is 0 Å². The van der Waals surface area contributed by atoms with Crippen LogP contribution in [-0.2, 0) is 7.05 Å². The maximum atomic E-state index is 9.56. The zero-order chi connectivity index (χ0) is 10.1. The molecule has 2 aromatic rings. The van der Waals surface area contributed by atoms with Crippen molar-refractivity contribution < 1.29 is 5.11 Å². The third-order valence-electron chi connectivity index (χ3n) is 2.52. The summed E-state index contributed by atoms with van der Waals surface area (Å²) in [6.45, 7) is 0.262. The molecule has 74 valence electrons. The standard InChI is InChI=1S/C11H14N2O/c1-13-5-4-8-6-9(11(14)7-12)2-3-10(8)13/h2-6,11,14H,7,12H2,1H3. The second-order valence-corrected chi connectivity index (χ2v) is 3.50. The van der Waals surface area contributed by atoms with Crippen LogP contribution in [0.15, 0.2) is 30.5 Å². The summed E-state index contributed by atoms with van der Waals surface area (Å²) in [4.78, 5) is 0. The first-order chi connectivity index (χ1) is 6.72. The fourth-order valence-corrected chi connectivity index (χ4v) is 1.64. The van der Waals surface area contributed by atoms with E-state index in [0.29, 0.717) is 0 Å². The highest BCUT2D eigenvalue weighted by molar-refractivity contribution is 5.80. The molecule has 1 aromatic carbocycles. The van der Waals surface area contributed by atoms with Crippen LogP contribution in [0.1, 0.15) is 11.7 Å². The molecule has 0 aliphatic heterocycles. The van der Waals surface area contributed by atoms with E-state index >= 15 is 0 Å². The summed E-state index contributed by atoms with van der Waals surface area (Å²) >= 11 is 0. The van der Waals surface area contributed by atoms with Crippen molar-refractivity contribution in [2.75, 3.05) is 6.54 Å². The van der Waals surface area contributed by atoms with Crippen LogP contribution in [0.2, 0.25) is 0 Å². The first-order valence-electron chi connectivity index (χ1n) is 4.65. The molecule has 1 atom stereocenters. The van der Waals surface area contributed by atoms with Crippen molar-refractivity contribution in [3.63, 3.8) is 0 Å². The minimum atomic E-state index is -0.556. The van der Waals surface area contributed by atoms with E-state index < -0.39 is 6.10 Å². The lowest BCUT2D eigenvalue weighted by molar-refractivity contribution is 0.187. The van der Waals surface area contributed by atoms with Gasteiger partial charge in [0.2, 0.25) is 0 Å². The third kappa shape index (κ3) is 1.41. The largest absolute Gasteiger partial charge is 0.387 e. The highest BCUT2D eigenvalue weighted by Crippen LogP contribution is 2.20. The van der Waals surface area contributed by atoms with Gasteiger partial charge in [-0.15, -0.1) is 0 Å². The number of aliphatic hydroxyl groups excluding tert-OH is 1. The number of benzene rings is 1. The number of hydrogen-bond acceptors (Lipinski definition) is 2. The Balaban J connectivity index is 2.52. The molecule has 1 heterocycles. The Hall–Kier alpha value is -1.32. The van der Waals surface area contributed by atoms with Gasteiger partial charge in [0.1, 0.15) is 0 Å². The molecule has 1 unspecified atom stereocenters. The minimum Gasteiger partial charge on any atom is -0.387 e. The Kier molecular flexibility index (Phi) is 2.27. The highest BCUT2D eigenvalue weighted by Gasteiger charge is 2.06. The zero-order valence-electron chi connectivity index (χ0n) is 8.14. The molecule has 0 amide bonds. The predicted molar refractivity (Wildman–Crippen MR) is 56.9 cm³/mol. The van der Waals surface area contributed by atoms with Gasteiger partial charge >= 0.3 is 0 Å². The van der Waals surface area contributed by atoms with Crippen LogP contribution in [0.4, 0.5) is 0 Å². The molecule has 0 aliphatic carbocycles. The minimum absolute atomic E-state index is 0.262. The maximum Gasteiger partial charge on any atom is 0.0912 e. The Bertz CT molecular complexity index is 447. The van der Waals surface area contributed by atoms with Gasteiger partial charge in [0.15, 0.2) is 0 Å². The van der Waals surface area contributed by atoms with E-state index in [9.17, 15) is 5.11 Å². The number of aliphatic hydroxyl groups is 1. The van der Waals surface area contributed by atoms with Crippen LogP contribution in [-0.4, -0.2) is 16.2 Å². The van der Waals surface area contributed by atoms with E-state index in [2.05, 4.69) is 0 Å². The normalized spacial score (nSPS) is 13.4. The second kappa shape index (κ2) is 3.44. The Morgan fingerprint density at radius 3 is 2.93 bits per heavy atom. The van der Waals surface area contributed by atoms with E-state index in [4.69, 9.17) is 5.73 Å². The van der Waals surface area contributed by atoms with Gasteiger partial charge in [-0.1, -0.05) is 6.07 Å². The van der Waals surface area contributed by atoms with Crippen LogP contribution in [0.5, 0.6) is 0 Å². The second-order valence-electron chi connectivity index (χ2n) is 3.50. The number of rotatable bonds is 2. The first kappa shape index (κ1) is 9.24. The summed E-state index contributed by atoms with van der Waals surface area (Å²) in [5.41, 5.74) is 7.44. The molecule has 0 aliphatic rings. The molecule has 1 aromatic heterocycles. The summed E-state index contributed by atoms with van der Waals surface area (Å²) in [6, 6.07) is 7.93. The predicted octanol–water partition coefficient (Wildman–Crippen LogP) is 1.17. The molecule has 0 saturated carbocycles. The average Bonchev–Trinajstić information content (AvgIpc) is 2.59. The number of aromatic nitrogens is 1. The molecule has 14 heavy (non-hydrogen) atoms. The molecule has 0 fully saturated rings. The molecule has 0 spiro atoms. The monoisotopic (exact) mass is 190 g/mol. The number of nitrogens with zero attached hydrogens (tertiary/aromatic N) is 1. The number of aryl methyl sites for hydroxylation is 1. The van der Waals surface area contributed by atoms with Crippen molar-refractivity contribution in [1.82, 2.24) is 4.57 Å². The summed E-state index contributed by atoms with van der Waals surface area (Å²) in [5.74, 6) is 0. The molecule has 0 radical (unpaired) electrons. The topological polar surface area (TPSA) is 51.2 Å². The Morgan fingerprint density at radius 2 is 2.21 bits per heavy atom. The van der Waals surface area contributed by atoms with Crippen molar-refractivity contribution in [3.05, 3.63) is 36.0 Å². The van der Waals surface area contributed by atoms with Gasteiger partial charge in [0.25, 0.3) is 0 Å². The van der Waals surface area contributed by atoms with Gasteiger partial charge in [-0.2, -0.15) is 0 Å². The summed E-state index contributed by atoms with van der Waals surface area (Å²) in [6.07, 6.45) is 1.45. The smallest absolute Gasteiger partial charge is 0.0912 e. The molecule has 3 nitrogen and oxygen atoms in total. The molecule has 3 heteroatoms. The third-order valence-corrected chi connectivity index (χ3v) is 2.52. The number of fused-ring (bicyclic) bond motifs is 1. The van der Waals surface area contributed by atoms with Crippen LogP contribution >= 0.6 is 0 Å². The summed E-state index contributed by atoms with van der Waals surface area (Å²) in [5, 5.41) is 10.7. The molecule has 0 bridgehead atoms. The lowest BCUT2D eigenvalue weighted by Crippen LogP contribution is -2.11. The first-order valence-corrected chi connectivity index (χ1v) is 4.65. The van der Waals surface area contributed by atoms with Crippen molar-refractivity contribution in [1.29, 1.82) is 0 Å². The SMILES string of the molecule is Cn1ccc2cc(C(O)CN)ccc21. The van der Waals surface area contributed by atoms with Gasteiger partial charge in [-0.3, -0.25) is 0 Å². The van der Waals surface area contributed by atoms with Gasteiger partial charge in [0, 0.05) is 25.3 Å². The molecule has 2 rings (SSSR count). The van der Waals surface area contributed by atoms with E-state index in [0.717, 1.165) is 16.5 Å². The highest BCUT2D eigenvalue weighted by atomic mass is 16.3. The van der Waals surface area contributed by atoms with Crippen LogP contribution < -0.4 is 5.73 Å². The molecule has 3 N–H and O–H groups in total. The van der Waals surface area contributed by atoms with Crippen LogP contribution in [0.25, 0.3) is 10.9 Å². The maximum absolute atomic E-state index is 9.56. The quantitative estimate of drug-likeness (QED) is 0.747. The Morgan fingerprint density at radius 1 is 1.43 bits per heavy atom. The van der Waals surface area contributed by atoms with E-state index in [1.165, 1.54) is 0 Å². The van der Waals surface area contributed by atoms with Gasteiger partial charge in [-0.05, 0) is 29.1 Å². The average molecular weight is 190 g/mol. The van der Waals surface area contributed by atoms with Crippen LogP contribution in [0, 0.1) is 0 Å². The molecular weight excluding hydrogens is 176 g/mol. The van der Waals surface area contributed by atoms with Gasteiger partial charge in [0.05, 0.1) is 6.10 Å². The van der Waals surface area contributed by atoms with E-state index in [-0.39, 0.29) is 6.54 Å². The van der Waals surface area contributed by atoms with Gasteiger partial charge < -0.3 is 15.4 Å². The Labute approximate surface area is 82.8 Å². The van der Waals surface area contributed by atoms with E-state index in [1.807, 2.05) is 42.1 Å². The summed E-state index contributed by atoms with van der Waals surface area (Å²) in [7, 11) is 2.00. The van der Waals surface area contributed by atoms with Gasteiger partial charge in [-0.25, -0.2) is 0 Å². The van der Waals surface area contributed by atoms with Crippen molar-refractivity contribution in [3.8, 4) is 0 Å². The summed E-state index contributed by atoms with van der Waals surface area (Å²) < 4.78 is 2.05. The lowest BCUT2D eigenvalue weighted by Gasteiger charge is -2.07. The van der Waals surface area contributed by atoms with Crippen molar-refractivity contribution in [2.24, 2.45) is 12.8 Å². The van der Waals surface area contributed by atoms with Crippen LogP contribution in [0.3, 0.4) is 0 Å². The number of nitrogens with two attached hydrogens (primary N) is 1.